The van der Waals surface area contributed by atoms with Crippen molar-refractivity contribution in [1.82, 2.24) is 14.4 Å². The van der Waals surface area contributed by atoms with Crippen LogP contribution in [0.5, 0.6) is 5.88 Å². The molecule has 2 N–H and O–H groups in total. The van der Waals surface area contributed by atoms with Gasteiger partial charge in [0.15, 0.2) is 15.6 Å². The highest BCUT2D eigenvalue weighted by Crippen LogP contribution is 2.47. The van der Waals surface area contributed by atoms with E-state index in [0.29, 0.717) is 39.1 Å². The van der Waals surface area contributed by atoms with Gasteiger partial charge in [0.1, 0.15) is 27.5 Å². The van der Waals surface area contributed by atoms with Gasteiger partial charge in [-0.2, -0.15) is 0 Å². The van der Waals surface area contributed by atoms with Gasteiger partial charge in [-0.15, -0.1) is 0 Å². The molecule has 2 unspecified atom stereocenters. The van der Waals surface area contributed by atoms with Crippen molar-refractivity contribution in [3.8, 4) is 5.88 Å². The van der Waals surface area contributed by atoms with Crippen LogP contribution in [0.25, 0.3) is 5.65 Å². The van der Waals surface area contributed by atoms with E-state index in [9.17, 15) is 13.2 Å². The number of carbonyl (C=O) groups excluding carboxylic acids is 1. The van der Waals surface area contributed by atoms with Gasteiger partial charge >= 0.3 is 0 Å². The first-order valence-corrected chi connectivity index (χ1v) is 13.2. The van der Waals surface area contributed by atoms with Gasteiger partial charge < -0.3 is 14.9 Å². The Bertz CT molecular complexity index is 1530. The number of Topliss-reactive ketones (excluding diaryl/α,β-unsaturated/α-hetero) is 1. The average Bonchev–Trinajstić information content (AvgIpc) is 3.03. The van der Waals surface area contributed by atoms with Crippen molar-refractivity contribution in [2.24, 2.45) is 10.7 Å². The summed E-state index contributed by atoms with van der Waals surface area (Å²) in [6.45, 7) is 6.89. The predicted octanol–water partition coefficient (Wildman–Crippen LogP) is 3.05. The number of aryl methyl sites for hydroxylation is 1. The molecule has 0 saturated heterocycles. The number of halogens is 1. The molecule has 0 fully saturated rings. The van der Waals surface area contributed by atoms with Crippen LogP contribution in [0.2, 0.25) is 5.02 Å². The number of aromatic nitrogens is 3. The van der Waals surface area contributed by atoms with Gasteiger partial charge in [0.25, 0.3) is 0 Å². The summed E-state index contributed by atoms with van der Waals surface area (Å²) in [5.41, 5.74) is 7.75. The summed E-state index contributed by atoms with van der Waals surface area (Å²) in [6.07, 6.45) is 3.56. The largest absolute Gasteiger partial charge is 0.477 e. The van der Waals surface area contributed by atoms with E-state index in [1.165, 1.54) is 0 Å². The number of carbonyl (C=O) groups is 1. The molecule has 184 valence electrons. The number of nitrogens with zero attached hydrogens (tertiary/aromatic N) is 4. The second-order valence-electron chi connectivity index (χ2n) is 9.74. The summed E-state index contributed by atoms with van der Waals surface area (Å²) in [5.74, 6) is 0.154. The second-order valence-corrected chi connectivity index (χ2v) is 12.9. The highest BCUT2D eigenvalue weighted by molar-refractivity contribution is 7.94. The number of pyridine rings is 2. The topological polar surface area (TPSA) is 129 Å². The maximum atomic E-state index is 13.5. The van der Waals surface area contributed by atoms with E-state index in [1.807, 2.05) is 6.92 Å². The summed E-state index contributed by atoms with van der Waals surface area (Å²) >= 11 is 6.09. The number of nitrogens with two attached hydrogens (primary N) is 1. The van der Waals surface area contributed by atoms with E-state index >= 15 is 0 Å². The minimum atomic E-state index is -3.69. The number of aliphatic imine (C=N–C) groups is 1. The lowest BCUT2D eigenvalue weighted by atomic mass is 9.86. The molecule has 0 spiro atoms. The Balaban J connectivity index is 1.56. The molecule has 3 aromatic rings. The lowest BCUT2D eigenvalue weighted by Crippen LogP contribution is -2.59. The molecule has 3 aromatic heterocycles. The van der Waals surface area contributed by atoms with Crippen molar-refractivity contribution in [3.63, 3.8) is 0 Å². The van der Waals surface area contributed by atoms with E-state index in [1.54, 1.807) is 55.8 Å². The molecule has 0 radical (unpaired) electrons. The zero-order chi connectivity index (χ0) is 25.3. The molecule has 5 heterocycles. The number of amidine groups is 1. The van der Waals surface area contributed by atoms with E-state index in [0.717, 1.165) is 0 Å². The fourth-order valence-corrected chi connectivity index (χ4v) is 7.33. The van der Waals surface area contributed by atoms with Crippen molar-refractivity contribution in [2.45, 2.75) is 56.1 Å². The number of hydrogen-bond donors (Lipinski definition) is 1. The first-order chi connectivity index (χ1) is 16.4. The SMILES string of the molecule is Cc1c(C(=O)Cc2cnc3c(c2)C2(C)N=C(N)C(C)(C)S(=O)(=O)C2CCO3)nc2ccc(Cl)cn12. The van der Waals surface area contributed by atoms with Gasteiger partial charge in [-0.3, -0.25) is 9.79 Å². The minimum absolute atomic E-state index is 0.0247. The Morgan fingerprint density at radius 1 is 1.31 bits per heavy atom. The van der Waals surface area contributed by atoms with Crippen LogP contribution < -0.4 is 10.5 Å². The minimum Gasteiger partial charge on any atom is -0.477 e. The van der Waals surface area contributed by atoms with Crippen molar-refractivity contribution in [3.05, 3.63) is 58.1 Å². The number of hydrogen-bond acceptors (Lipinski definition) is 8. The van der Waals surface area contributed by atoms with Crippen LogP contribution in [0.1, 0.15) is 54.5 Å². The normalized spacial score (nSPS) is 24.6. The Morgan fingerprint density at radius 2 is 2.06 bits per heavy atom. The molecule has 2 aliphatic rings. The second kappa shape index (κ2) is 7.76. The van der Waals surface area contributed by atoms with E-state index in [-0.39, 0.29) is 31.1 Å². The molecule has 2 atom stereocenters. The van der Waals surface area contributed by atoms with Gasteiger partial charge in [-0.1, -0.05) is 11.6 Å². The van der Waals surface area contributed by atoms with Crippen molar-refractivity contribution < 1.29 is 17.9 Å². The molecule has 0 bridgehead atoms. The van der Waals surface area contributed by atoms with Gasteiger partial charge in [0, 0.05) is 30.8 Å². The first kappa shape index (κ1) is 23.7. The summed E-state index contributed by atoms with van der Waals surface area (Å²) in [4.78, 5) is 26.8. The maximum absolute atomic E-state index is 13.5. The Labute approximate surface area is 208 Å². The maximum Gasteiger partial charge on any atom is 0.219 e. The average molecular weight is 516 g/mol. The summed E-state index contributed by atoms with van der Waals surface area (Å²) in [5, 5.41) is -0.295. The highest BCUT2D eigenvalue weighted by atomic mass is 35.5. The third-order valence-electron chi connectivity index (χ3n) is 7.20. The molecule has 11 heteroatoms. The third-order valence-corrected chi connectivity index (χ3v) is 10.5. The zero-order valence-electron chi connectivity index (χ0n) is 19.9. The molecule has 9 nitrogen and oxygen atoms in total. The van der Waals surface area contributed by atoms with Crippen molar-refractivity contribution in [2.75, 3.05) is 6.61 Å². The van der Waals surface area contributed by atoms with E-state index in [4.69, 9.17) is 27.1 Å². The van der Waals surface area contributed by atoms with Crippen LogP contribution in [0.3, 0.4) is 0 Å². The van der Waals surface area contributed by atoms with Crippen LogP contribution in [-0.2, 0) is 21.8 Å². The van der Waals surface area contributed by atoms with Crippen LogP contribution in [0.4, 0.5) is 0 Å². The Hall–Kier alpha value is -2.98. The van der Waals surface area contributed by atoms with Crippen LogP contribution >= 0.6 is 11.6 Å². The number of sulfone groups is 1. The number of ketones is 1. The summed E-state index contributed by atoms with van der Waals surface area (Å²) in [6, 6.07) is 5.23. The number of imidazole rings is 1. The number of ether oxygens (including phenoxy) is 1. The molecule has 0 aromatic carbocycles. The molecular weight excluding hydrogens is 490 g/mol. The fourth-order valence-electron chi connectivity index (χ4n) is 4.93. The van der Waals surface area contributed by atoms with Crippen LogP contribution in [0, 0.1) is 6.92 Å². The molecule has 2 aliphatic heterocycles. The predicted molar refractivity (Wildman–Crippen MR) is 133 cm³/mol. The number of rotatable bonds is 3. The molecule has 35 heavy (non-hydrogen) atoms. The highest BCUT2D eigenvalue weighted by Gasteiger charge is 2.57. The molecule has 0 aliphatic carbocycles. The van der Waals surface area contributed by atoms with Gasteiger partial charge in [0.05, 0.1) is 22.6 Å². The standard InChI is InChI=1S/C24H26ClN5O4S/c1-13-20(28-19-6-5-15(25)12-30(13)19)17(31)10-14-9-16-21(27-11-14)34-8-7-18-24(16,4)29-22(26)23(2,3)35(18,32)33/h5-6,9,11-12,18H,7-8,10H2,1-4H3,(H2,26,29). The van der Waals surface area contributed by atoms with Gasteiger partial charge in [-0.25, -0.2) is 18.4 Å². The smallest absolute Gasteiger partial charge is 0.219 e. The quantitative estimate of drug-likeness (QED) is 0.530. The molecule has 0 amide bonds. The van der Waals surface area contributed by atoms with Crippen molar-refractivity contribution in [1.29, 1.82) is 0 Å². The van der Waals surface area contributed by atoms with Crippen molar-refractivity contribution >= 4 is 38.7 Å². The lowest BCUT2D eigenvalue weighted by Gasteiger charge is -2.43. The van der Waals surface area contributed by atoms with Crippen LogP contribution in [0.15, 0.2) is 35.6 Å². The summed E-state index contributed by atoms with van der Waals surface area (Å²) in [7, 11) is -3.69. The lowest BCUT2D eigenvalue weighted by molar-refractivity contribution is 0.0988. The Kier molecular flexibility index (Phi) is 5.27. The Morgan fingerprint density at radius 3 is 2.80 bits per heavy atom. The molecular formula is C24H26ClN5O4S. The van der Waals surface area contributed by atoms with Gasteiger partial charge in [-0.05, 0) is 51.5 Å². The zero-order valence-corrected chi connectivity index (χ0v) is 21.4. The number of fused-ring (bicyclic) bond motifs is 4. The molecule has 5 rings (SSSR count). The van der Waals surface area contributed by atoms with Gasteiger partial charge in [0.2, 0.25) is 5.88 Å². The third kappa shape index (κ3) is 3.45. The van der Waals surface area contributed by atoms with Crippen LogP contribution in [-0.4, -0.2) is 51.0 Å². The monoisotopic (exact) mass is 515 g/mol. The van der Waals surface area contributed by atoms with E-state index < -0.39 is 25.4 Å². The molecule has 0 saturated carbocycles. The van der Waals surface area contributed by atoms with E-state index in [2.05, 4.69) is 9.97 Å². The fraction of sp³-hybridized carbons (Fsp3) is 0.417. The summed E-state index contributed by atoms with van der Waals surface area (Å²) < 4.78 is 33.4. The first-order valence-electron chi connectivity index (χ1n) is 11.2.